The number of fused-ring (bicyclic) bond motifs is 3. The molecule has 4 aromatic rings. The molecule has 1 N–H and O–H groups in total. The van der Waals surface area contributed by atoms with Crippen LogP contribution in [0.1, 0.15) is 37.2 Å². The van der Waals surface area contributed by atoms with Crippen molar-refractivity contribution in [1.82, 2.24) is 19.5 Å². The van der Waals surface area contributed by atoms with Crippen LogP contribution in [0.4, 0.5) is 5.69 Å². The van der Waals surface area contributed by atoms with Gasteiger partial charge in [-0.05, 0) is 44.0 Å². The predicted molar refractivity (Wildman–Crippen MR) is 127 cm³/mol. The lowest BCUT2D eigenvalue weighted by Gasteiger charge is -2.30. The summed E-state index contributed by atoms with van der Waals surface area (Å²) in [5, 5.41) is 13.2. The second kappa shape index (κ2) is 9.08. The molecule has 1 amide bonds. The van der Waals surface area contributed by atoms with Crippen molar-refractivity contribution >= 4 is 33.5 Å². The van der Waals surface area contributed by atoms with Crippen molar-refractivity contribution < 1.29 is 14.3 Å². The summed E-state index contributed by atoms with van der Waals surface area (Å²) < 4.78 is 13.0. The molecule has 1 aliphatic rings. The molecular formula is C25H24N6O3. The molecule has 9 nitrogen and oxygen atoms in total. The lowest BCUT2D eigenvalue weighted by Crippen LogP contribution is -2.27. The van der Waals surface area contributed by atoms with Gasteiger partial charge in [0.05, 0.1) is 60.4 Å². The van der Waals surface area contributed by atoms with Crippen molar-refractivity contribution in [3.8, 4) is 11.9 Å². The number of rotatable bonds is 5. The quantitative estimate of drug-likeness (QED) is 0.486. The number of methoxy groups -OCH3 is 1. The Morgan fingerprint density at radius 2 is 2.15 bits per heavy atom. The maximum Gasteiger partial charge on any atom is 0.232 e. The molecule has 1 saturated heterocycles. The predicted octanol–water partition coefficient (Wildman–Crippen LogP) is 3.78. The van der Waals surface area contributed by atoms with E-state index in [1.807, 2.05) is 12.1 Å². The molecule has 0 aliphatic carbocycles. The smallest absolute Gasteiger partial charge is 0.232 e. The molecule has 0 spiro atoms. The van der Waals surface area contributed by atoms with Crippen LogP contribution in [0.25, 0.3) is 21.9 Å². The number of pyridine rings is 2. The third-order valence-electron chi connectivity index (χ3n) is 6.09. The molecule has 2 atom stereocenters. The van der Waals surface area contributed by atoms with Crippen LogP contribution in [-0.2, 0) is 16.0 Å². The molecule has 1 aliphatic heterocycles. The summed E-state index contributed by atoms with van der Waals surface area (Å²) in [6.07, 6.45) is 5.11. The number of imidazole rings is 1. The number of nitrogens with one attached hydrogen (secondary N) is 1. The number of hydrogen-bond acceptors (Lipinski definition) is 7. The van der Waals surface area contributed by atoms with Gasteiger partial charge in [0.25, 0.3) is 0 Å². The van der Waals surface area contributed by atoms with E-state index in [1.165, 1.54) is 0 Å². The van der Waals surface area contributed by atoms with E-state index in [2.05, 4.69) is 32.8 Å². The fraction of sp³-hybridized carbons (Fsp3) is 0.320. The van der Waals surface area contributed by atoms with Gasteiger partial charge in [0, 0.05) is 24.1 Å². The Bertz CT molecular complexity index is 1410. The van der Waals surface area contributed by atoms with Crippen molar-refractivity contribution in [2.75, 3.05) is 19.0 Å². The summed E-state index contributed by atoms with van der Waals surface area (Å²) >= 11 is 0. The second-order valence-electron chi connectivity index (χ2n) is 8.41. The third kappa shape index (κ3) is 4.16. The monoisotopic (exact) mass is 456 g/mol. The molecular weight excluding hydrogens is 432 g/mol. The zero-order valence-corrected chi connectivity index (χ0v) is 19.0. The van der Waals surface area contributed by atoms with Crippen LogP contribution in [0.3, 0.4) is 0 Å². The summed E-state index contributed by atoms with van der Waals surface area (Å²) in [6.45, 7) is 2.70. The average Bonchev–Trinajstić information content (AvgIpc) is 3.22. The first kappa shape index (κ1) is 21.8. The Morgan fingerprint density at radius 3 is 2.88 bits per heavy atom. The van der Waals surface area contributed by atoms with Crippen LogP contribution in [0.15, 0.2) is 42.7 Å². The van der Waals surface area contributed by atoms with Crippen LogP contribution < -0.4 is 10.1 Å². The average molecular weight is 457 g/mol. The van der Waals surface area contributed by atoms with Crippen molar-refractivity contribution in [3.63, 3.8) is 0 Å². The number of carbonyl (C=O) groups is 1. The molecule has 5 rings (SSSR count). The molecule has 34 heavy (non-hydrogen) atoms. The van der Waals surface area contributed by atoms with Crippen LogP contribution in [0, 0.1) is 11.3 Å². The normalized spacial score (nSPS) is 18.0. The number of aromatic nitrogens is 4. The number of ether oxygens (including phenoxy) is 2. The second-order valence-corrected chi connectivity index (χ2v) is 8.41. The topological polar surface area (TPSA) is 115 Å². The first-order valence-corrected chi connectivity index (χ1v) is 11.2. The maximum absolute atomic E-state index is 13.0. The summed E-state index contributed by atoms with van der Waals surface area (Å²) in [7, 11) is 1.54. The van der Waals surface area contributed by atoms with Crippen LogP contribution in [-0.4, -0.2) is 45.2 Å². The van der Waals surface area contributed by atoms with E-state index >= 15 is 0 Å². The Labute approximate surface area is 196 Å². The highest BCUT2D eigenvalue weighted by molar-refractivity contribution is 6.03. The number of hydrogen-bond donors (Lipinski definition) is 1. The number of carbonyl (C=O) groups excluding carboxylic acids is 1. The van der Waals surface area contributed by atoms with E-state index in [0.717, 1.165) is 29.3 Å². The highest BCUT2D eigenvalue weighted by Crippen LogP contribution is 2.34. The Kier molecular flexibility index (Phi) is 5.82. The van der Waals surface area contributed by atoms with E-state index in [1.54, 1.807) is 37.7 Å². The molecule has 172 valence electrons. The summed E-state index contributed by atoms with van der Waals surface area (Å²) in [4.78, 5) is 26.4. The zero-order valence-electron chi connectivity index (χ0n) is 19.0. The Morgan fingerprint density at radius 1 is 1.26 bits per heavy atom. The molecule has 1 aromatic carbocycles. The summed E-state index contributed by atoms with van der Waals surface area (Å²) in [5.41, 5.74) is 3.53. The summed E-state index contributed by atoms with van der Waals surface area (Å²) in [6, 6.07) is 11.2. The molecule has 1 fully saturated rings. The van der Waals surface area contributed by atoms with Gasteiger partial charge in [-0.15, -0.1) is 0 Å². The van der Waals surface area contributed by atoms with E-state index in [4.69, 9.17) is 14.5 Å². The minimum absolute atomic E-state index is 0.0892. The van der Waals surface area contributed by atoms with E-state index < -0.39 is 0 Å². The third-order valence-corrected chi connectivity index (χ3v) is 6.09. The fourth-order valence-electron chi connectivity index (χ4n) is 4.55. The highest BCUT2D eigenvalue weighted by atomic mass is 16.5. The number of anilines is 1. The highest BCUT2D eigenvalue weighted by Gasteiger charge is 2.27. The van der Waals surface area contributed by atoms with Gasteiger partial charge >= 0.3 is 0 Å². The van der Waals surface area contributed by atoms with Gasteiger partial charge in [-0.25, -0.2) is 9.97 Å². The fourth-order valence-corrected chi connectivity index (χ4v) is 4.55. The van der Waals surface area contributed by atoms with E-state index in [-0.39, 0.29) is 24.5 Å². The van der Waals surface area contributed by atoms with Gasteiger partial charge in [-0.2, -0.15) is 5.26 Å². The van der Waals surface area contributed by atoms with Crippen LogP contribution >= 0.6 is 0 Å². The number of nitrogens with zero attached hydrogens (tertiary/aromatic N) is 5. The first-order chi connectivity index (χ1) is 16.6. The molecule has 9 heteroatoms. The maximum atomic E-state index is 13.0. The lowest BCUT2D eigenvalue weighted by atomic mass is 10.0. The molecule has 0 unspecified atom stereocenters. The van der Waals surface area contributed by atoms with Gasteiger partial charge < -0.3 is 19.4 Å². The number of benzene rings is 1. The minimum atomic E-state index is -0.196. The number of amides is 1. The largest absolute Gasteiger partial charge is 0.481 e. The van der Waals surface area contributed by atoms with E-state index in [9.17, 15) is 10.1 Å². The zero-order chi connectivity index (χ0) is 23.7. The van der Waals surface area contributed by atoms with Crippen LogP contribution in [0.5, 0.6) is 5.88 Å². The van der Waals surface area contributed by atoms with Crippen molar-refractivity contribution in [2.24, 2.45) is 0 Å². The van der Waals surface area contributed by atoms with Gasteiger partial charge in [0.2, 0.25) is 11.8 Å². The molecule has 4 heterocycles. The van der Waals surface area contributed by atoms with E-state index in [0.29, 0.717) is 35.1 Å². The SMILES string of the molecule is COc1ccc(NC(=O)Cc2nc3cnc4ccc(C#N)cc4c3n2[C@@H]2CCO[C@H](C)C2)cn1. The van der Waals surface area contributed by atoms with Gasteiger partial charge in [0.1, 0.15) is 11.3 Å². The van der Waals surface area contributed by atoms with Gasteiger partial charge in [0.15, 0.2) is 0 Å². The minimum Gasteiger partial charge on any atom is -0.481 e. The van der Waals surface area contributed by atoms with Crippen molar-refractivity contribution in [3.05, 3.63) is 54.1 Å². The molecule has 3 aromatic heterocycles. The Hall–Kier alpha value is -4.03. The van der Waals surface area contributed by atoms with Crippen molar-refractivity contribution in [1.29, 1.82) is 5.26 Å². The molecule has 0 saturated carbocycles. The van der Waals surface area contributed by atoms with Gasteiger partial charge in [-0.1, -0.05) is 0 Å². The first-order valence-electron chi connectivity index (χ1n) is 11.2. The standard InChI is InChI=1S/C25H24N6O3/c1-15-9-18(7-8-34-15)31-22(11-23(32)29-17-4-6-24(33-2)28-13-17)30-21-14-27-20-5-3-16(12-26)10-19(20)25(21)31/h3-6,10,13-15,18H,7-9,11H2,1-2H3,(H,29,32)/t15-,18-/m1/s1. The molecule has 0 radical (unpaired) electrons. The lowest BCUT2D eigenvalue weighted by molar-refractivity contribution is -0.115. The summed E-state index contributed by atoms with van der Waals surface area (Å²) in [5.74, 6) is 0.938. The van der Waals surface area contributed by atoms with Crippen LogP contribution in [0.2, 0.25) is 0 Å². The van der Waals surface area contributed by atoms with Gasteiger partial charge in [-0.3, -0.25) is 9.78 Å². The number of nitriles is 1. The van der Waals surface area contributed by atoms with Crippen molar-refractivity contribution in [2.45, 2.75) is 38.3 Å². The Balaban J connectivity index is 1.57. The molecule has 0 bridgehead atoms.